The first-order valence-electron chi connectivity index (χ1n) is 8.85. The van der Waals surface area contributed by atoms with Crippen LogP contribution in [0.25, 0.3) is 0 Å². The van der Waals surface area contributed by atoms with Gasteiger partial charge in [0.05, 0.1) is 5.69 Å². The van der Waals surface area contributed by atoms with E-state index < -0.39 is 29.0 Å². The molecule has 2 N–H and O–H groups in total. The number of hydrogen-bond acceptors (Lipinski definition) is 3. The van der Waals surface area contributed by atoms with E-state index in [9.17, 15) is 23.5 Å². The minimum Gasteiger partial charge on any atom is -0.372 e. The number of nitrogens with zero attached hydrogens (tertiary/aromatic N) is 1. The second-order valence-electron chi connectivity index (χ2n) is 6.68. The summed E-state index contributed by atoms with van der Waals surface area (Å²) in [6.07, 6.45) is 0. The average molecular weight is 394 g/mol. The zero-order chi connectivity index (χ0) is 20.6. The van der Waals surface area contributed by atoms with E-state index in [1.54, 1.807) is 24.3 Å². The second-order valence-corrected chi connectivity index (χ2v) is 6.68. The lowest BCUT2D eigenvalue weighted by Gasteiger charge is -2.23. The minimum atomic E-state index is -2.10. The predicted octanol–water partition coefficient (Wildman–Crippen LogP) is 3.19. The Labute approximate surface area is 165 Å². The molecule has 0 saturated carbocycles. The van der Waals surface area contributed by atoms with Gasteiger partial charge in [-0.25, -0.2) is 8.78 Å². The predicted molar refractivity (Wildman–Crippen MR) is 103 cm³/mol. The van der Waals surface area contributed by atoms with E-state index in [2.05, 4.69) is 5.32 Å². The van der Waals surface area contributed by atoms with Gasteiger partial charge in [0.25, 0.3) is 5.91 Å². The summed E-state index contributed by atoms with van der Waals surface area (Å²) in [5.41, 5.74) is -1.02. The number of halogens is 2. The molecule has 4 rings (SSSR count). The van der Waals surface area contributed by atoms with E-state index in [1.807, 2.05) is 0 Å². The molecular formula is C22H16F2N2O3. The second kappa shape index (κ2) is 7.10. The minimum absolute atomic E-state index is 0.0800. The Morgan fingerprint density at radius 1 is 0.966 bits per heavy atom. The Morgan fingerprint density at radius 3 is 2.41 bits per heavy atom. The smallest absolute Gasteiger partial charge is 0.268 e. The molecule has 3 aromatic rings. The Bertz CT molecular complexity index is 1100. The molecule has 5 nitrogen and oxygen atoms in total. The molecule has 29 heavy (non-hydrogen) atoms. The number of anilines is 2. The summed E-state index contributed by atoms with van der Waals surface area (Å²) < 4.78 is 26.8. The van der Waals surface area contributed by atoms with Crippen LogP contribution in [0.2, 0.25) is 0 Å². The van der Waals surface area contributed by atoms with E-state index in [0.29, 0.717) is 11.4 Å². The van der Waals surface area contributed by atoms with Gasteiger partial charge in [0.2, 0.25) is 5.91 Å². The number of rotatable bonds is 4. The van der Waals surface area contributed by atoms with Crippen LogP contribution in [0.15, 0.2) is 72.8 Å². The number of hydrogen-bond donors (Lipinski definition) is 2. The van der Waals surface area contributed by atoms with Gasteiger partial charge in [-0.05, 0) is 42.5 Å². The molecule has 0 bridgehead atoms. The molecule has 0 spiro atoms. The quantitative estimate of drug-likeness (QED) is 0.714. The number of amides is 2. The molecule has 0 unspecified atom stereocenters. The number of benzene rings is 3. The largest absolute Gasteiger partial charge is 0.372 e. The summed E-state index contributed by atoms with van der Waals surface area (Å²) in [5, 5.41) is 13.9. The maximum atomic E-state index is 13.7. The highest BCUT2D eigenvalue weighted by molar-refractivity contribution is 6.12. The van der Waals surface area contributed by atoms with Crippen LogP contribution in [0.5, 0.6) is 0 Å². The van der Waals surface area contributed by atoms with Crippen molar-refractivity contribution in [1.82, 2.24) is 0 Å². The number of aliphatic hydroxyl groups is 1. The van der Waals surface area contributed by atoms with Gasteiger partial charge in [0.1, 0.15) is 18.2 Å². The van der Waals surface area contributed by atoms with Crippen molar-refractivity contribution >= 4 is 23.2 Å². The van der Waals surface area contributed by atoms with Crippen LogP contribution in [0.3, 0.4) is 0 Å². The average Bonchev–Trinajstić information content (AvgIpc) is 2.93. The first-order valence-corrected chi connectivity index (χ1v) is 8.85. The van der Waals surface area contributed by atoms with Crippen LogP contribution >= 0.6 is 0 Å². The number of carbonyl (C=O) groups excluding carboxylic acids is 2. The van der Waals surface area contributed by atoms with E-state index in [-0.39, 0.29) is 17.7 Å². The Hall–Kier alpha value is -3.58. The van der Waals surface area contributed by atoms with Crippen molar-refractivity contribution in [3.8, 4) is 0 Å². The van der Waals surface area contributed by atoms with Crippen molar-refractivity contribution in [2.75, 3.05) is 16.8 Å². The Balaban J connectivity index is 1.66. The van der Waals surface area contributed by atoms with Gasteiger partial charge in [-0.3, -0.25) is 14.5 Å². The summed E-state index contributed by atoms with van der Waals surface area (Å²) in [7, 11) is 0. The molecule has 3 aromatic carbocycles. The molecule has 1 heterocycles. The zero-order valence-corrected chi connectivity index (χ0v) is 15.1. The maximum Gasteiger partial charge on any atom is 0.268 e. The first-order chi connectivity index (χ1) is 13.9. The lowest BCUT2D eigenvalue weighted by atomic mass is 9.87. The Morgan fingerprint density at radius 2 is 1.69 bits per heavy atom. The third kappa shape index (κ3) is 3.25. The van der Waals surface area contributed by atoms with Gasteiger partial charge in [-0.1, -0.05) is 30.3 Å². The fourth-order valence-electron chi connectivity index (χ4n) is 3.46. The van der Waals surface area contributed by atoms with Crippen LogP contribution in [0, 0.1) is 11.6 Å². The van der Waals surface area contributed by atoms with E-state index in [1.165, 1.54) is 42.5 Å². The van der Waals surface area contributed by atoms with Crippen LogP contribution in [-0.2, 0) is 15.2 Å². The third-order valence-corrected chi connectivity index (χ3v) is 4.81. The molecule has 0 fully saturated rings. The van der Waals surface area contributed by atoms with Crippen molar-refractivity contribution in [1.29, 1.82) is 0 Å². The fraction of sp³-hybridized carbons (Fsp3) is 0.0909. The van der Waals surface area contributed by atoms with E-state index in [4.69, 9.17) is 0 Å². The monoisotopic (exact) mass is 394 g/mol. The van der Waals surface area contributed by atoms with Gasteiger partial charge in [0.15, 0.2) is 5.60 Å². The SMILES string of the molecule is O=C(CN1C(=O)[C@@](O)(c2cccc(F)c2)c2ccccc21)Nc1ccc(F)cc1. The normalized spacial score (nSPS) is 17.9. The van der Waals surface area contributed by atoms with Crippen molar-refractivity contribution in [2.45, 2.75) is 5.60 Å². The zero-order valence-electron chi connectivity index (χ0n) is 15.1. The fourth-order valence-corrected chi connectivity index (χ4v) is 3.46. The summed E-state index contributed by atoms with van der Waals surface area (Å²) in [4.78, 5) is 26.8. The molecule has 0 aliphatic carbocycles. The van der Waals surface area contributed by atoms with Crippen LogP contribution in [0.4, 0.5) is 20.2 Å². The summed E-state index contributed by atoms with van der Waals surface area (Å²) in [5.74, 6) is -2.30. The topological polar surface area (TPSA) is 69.6 Å². The number of nitrogens with one attached hydrogen (secondary N) is 1. The van der Waals surface area contributed by atoms with Gasteiger partial charge in [0, 0.05) is 16.8 Å². The highest BCUT2D eigenvalue weighted by atomic mass is 19.1. The summed E-state index contributed by atoms with van der Waals surface area (Å²) >= 11 is 0. The van der Waals surface area contributed by atoms with Crippen molar-refractivity contribution in [3.05, 3.63) is 95.6 Å². The number of para-hydroxylation sites is 1. The van der Waals surface area contributed by atoms with Crippen molar-refractivity contribution in [3.63, 3.8) is 0 Å². The van der Waals surface area contributed by atoms with Gasteiger partial charge >= 0.3 is 0 Å². The summed E-state index contributed by atoms with van der Waals surface area (Å²) in [6.45, 7) is -0.370. The van der Waals surface area contributed by atoms with E-state index in [0.717, 1.165) is 11.0 Å². The molecule has 0 saturated heterocycles. The lowest BCUT2D eigenvalue weighted by molar-refractivity contribution is -0.133. The molecule has 0 aromatic heterocycles. The molecule has 146 valence electrons. The highest BCUT2D eigenvalue weighted by Gasteiger charge is 2.51. The maximum absolute atomic E-state index is 13.7. The third-order valence-electron chi connectivity index (χ3n) is 4.81. The molecule has 1 aliphatic heterocycles. The highest BCUT2D eigenvalue weighted by Crippen LogP contribution is 2.44. The molecule has 2 amide bonds. The molecule has 1 atom stereocenters. The lowest BCUT2D eigenvalue weighted by Crippen LogP contribution is -2.44. The number of fused-ring (bicyclic) bond motifs is 1. The van der Waals surface area contributed by atoms with Crippen molar-refractivity contribution < 1.29 is 23.5 Å². The molecular weight excluding hydrogens is 378 g/mol. The van der Waals surface area contributed by atoms with E-state index >= 15 is 0 Å². The van der Waals surface area contributed by atoms with Crippen molar-refractivity contribution in [2.24, 2.45) is 0 Å². The summed E-state index contributed by atoms with van der Waals surface area (Å²) in [6, 6.07) is 16.9. The van der Waals surface area contributed by atoms with Gasteiger partial charge in [-0.15, -0.1) is 0 Å². The van der Waals surface area contributed by atoms with Crippen LogP contribution < -0.4 is 10.2 Å². The van der Waals surface area contributed by atoms with Crippen LogP contribution in [0.1, 0.15) is 11.1 Å². The Kier molecular flexibility index (Phi) is 4.60. The standard InChI is InChI=1S/C22H16F2N2O3/c23-15-8-10-17(11-9-15)25-20(27)13-26-19-7-2-1-6-18(19)22(29,21(26)28)14-4-3-5-16(24)12-14/h1-12,29H,13H2,(H,25,27)/t22-/m1/s1. The molecule has 7 heteroatoms. The first kappa shape index (κ1) is 18.8. The van der Waals surface area contributed by atoms with Gasteiger partial charge in [-0.2, -0.15) is 0 Å². The van der Waals surface area contributed by atoms with Gasteiger partial charge < -0.3 is 10.4 Å². The molecule has 0 radical (unpaired) electrons. The van der Waals surface area contributed by atoms with Crippen LogP contribution in [-0.4, -0.2) is 23.5 Å². The molecule has 1 aliphatic rings. The number of carbonyl (C=O) groups is 2.